The van der Waals surface area contributed by atoms with Crippen molar-refractivity contribution in [1.29, 1.82) is 0 Å². The predicted octanol–water partition coefficient (Wildman–Crippen LogP) is 1.51. The molecular weight excluding hydrogens is 370 g/mol. The first-order chi connectivity index (χ1) is 12.9. The van der Waals surface area contributed by atoms with Gasteiger partial charge in [-0.1, -0.05) is 6.07 Å². The molecule has 0 aromatic heterocycles. The summed E-state index contributed by atoms with van der Waals surface area (Å²) in [5.41, 5.74) is 0.657. The Balaban J connectivity index is 1.79. The lowest BCUT2D eigenvalue weighted by molar-refractivity contribution is 0.0796. The molecule has 2 aromatic rings. The van der Waals surface area contributed by atoms with Gasteiger partial charge in [-0.25, -0.2) is 8.42 Å². The van der Waals surface area contributed by atoms with Crippen LogP contribution in [0.25, 0.3) is 0 Å². The van der Waals surface area contributed by atoms with Gasteiger partial charge in [-0.3, -0.25) is 9.52 Å². The lowest BCUT2D eigenvalue weighted by Gasteiger charge is -2.17. The molecule has 1 aliphatic heterocycles. The fourth-order valence-electron chi connectivity index (χ4n) is 2.57. The molecule has 1 aliphatic rings. The molecule has 0 atom stereocenters. The van der Waals surface area contributed by atoms with E-state index in [1.54, 1.807) is 44.4 Å². The molecule has 0 spiro atoms. The van der Waals surface area contributed by atoms with Crippen molar-refractivity contribution in [3.05, 3.63) is 48.0 Å². The minimum atomic E-state index is -3.86. The summed E-state index contributed by atoms with van der Waals surface area (Å²) in [4.78, 5) is 14.0. The summed E-state index contributed by atoms with van der Waals surface area (Å²) in [5, 5.41) is 2.97. The normalized spacial score (nSPS) is 12.7. The summed E-state index contributed by atoms with van der Waals surface area (Å²) in [6.45, 7) is 1.27. The molecule has 0 radical (unpaired) electrons. The molecule has 2 N–H and O–H groups in total. The monoisotopic (exact) mass is 391 g/mol. The minimum Gasteiger partial charge on any atom is -0.454 e. The highest BCUT2D eigenvalue weighted by molar-refractivity contribution is 7.92. The average Bonchev–Trinajstić information content (AvgIpc) is 3.13. The van der Waals surface area contributed by atoms with Gasteiger partial charge in [0.2, 0.25) is 6.79 Å². The van der Waals surface area contributed by atoms with Gasteiger partial charge in [-0.2, -0.15) is 0 Å². The van der Waals surface area contributed by atoms with E-state index in [9.17, 15) is 13.2 Å². The van der Waals surface area contributed by atoms with Gasteiger partial charge in [0, 0.05) is 31.8 Å². The van der Waals surface area contributed by atoms with E-state index in [0.717, 1.165) is 0 Å². The third-order valence-electron chi connectivity index (χ3n) is 4.06. The van der Waals surface area contributed by atoms with Crippen molar-refractivity contribution < 1.29 is 22.7 Å². The number of hydrogen-bond acceptors (Lipinski definition) is 6. The van der Waals surface area contributed by atoms with E-state index in [-0.39, 0.29) is 17.6 Å². The molecule has 8 nitrogen and oxygen atoms in total. The first-order valence-electron chi connectivity index (χ1n) is 8.33. The van der Waals surface area contributed by atoms with Crippen LogP contribution in [0.4, 0.5) is 5.69 Å². The van der Waals surface area contributed by atoms with Gasteiger partial charge in [-0.05, 0) is 37.4 Å². The Labute approximate surface area is 158 Å². The van der Waals surface area contributed by atoms with Crippen LogP contribution in [0.2, 0.25) is 0 Å². The first kappa shape index (κ1) is 19.0. The number of carbonyl (C=O) groups excluding carboxylic acids is 1. The van der Waals surface area contributed by atoms with E-state index in [2.05, 4.69) is 10.0 Å². The van der Waals surface area contributed by atoms with Crippen LogP contribution < -0.4 is 19.5 Å². The van der Waals surface area contributed by atoms with Crippen LogP contribution in [0, 0.1) is 0 Å². The standard InChI is InChI=1S/C18H21N3O5S/c1-19-8-9-21(2)18(22)13-4-3-5-15(10-13)27(23,24)20-14-6-7-16-17(11-14)26-12-25-16/h3-7,10-11,19-20H,8-9,12H2,1-2H3. The smallest absolute Gasteiger partial charge is 0.261 e. The van der Waals surface area contributed by atoms with E-state index < -0.39 is 10.0 Å². The molecule has 1 heterocycles. The Morgan fingerprint density at radius 2 is 1.93 bits per heavy atom. The van der Waals surface area contributed by atoms with Crippen LogP contribution in [0.5, 0.6) is 11.5 Å². The lowest BCUT2D eigenvalue weighted by atomic mass is 10.2. The molecule has 0 aliphatic carbocycles. The van der Waals surface area contributed by atoms with Crippen LogP contribution in [0.3, 0.4) is 0 Å². The third kappa shape index (κ3) is 4.32. The zero-order valence-electron chi connectivity index (χ0n) is 15.1. The van der Waals surface area contributed by atoms with Crippen molar-refractivity contribution in [2.24, 2.45) is 0 Å². The molecule has 144 valence electrons. The summed E-state index contributed by atoms with van der Waals surface area (Å²) < 4.78 is 38.4. The first-order valence-corrected chi connectivity index (χ1v) is 9.81. The number of anilines is 1. The number of fused-ring (bicyclic) bond motifs is 1. The van der Waals surface area contributed by atoms with E-state index in [1.807, 2.05) is 0 Å². The SMILES string of the molecule is CNCCN(C)C(=O)c1cccc(S(=O)(=O)Nc2ccc3c(c2)OCO3)c1. The minimum absolute atomic E-state index is 0.00744. The van der Waals surface area contributed by atoms with Crippen LogP contribution in [-0.4, -0.2) is 53.2 Å². The molecule has 0 saturated carbocycles. The largest absolute Gasteiger partial charge is 0.454 e. The number of carbonyl (C=O) groups is 1. The molecule has 27 heavy (non-hydrogen) atoms. The fraction of sp³-hybridized carbons (Fsp3) is 0.278. The second-order valence-electron chi connectivity index (χ2n) is 6.03. The molecule has 9 heteroatoms. The molecule has 0 fully saturated rings. The summed E-state index contributed by atoms with van der Waals surface area (Å²) in [6, 6.07) is 10.7. The van der Waals surface area contributed by atoms with E-state index in [0.29, 0.717) is 35.8 Å². The zero-order valence-corrected chi connectivity index (χ0v) is 15.9. The summed E-state index contributed by atoms with van der Waals surface area (Å²) in [6.07, 6.45) is 0. The summed E-state index contributed by atoms with van der Waals surface area (Å²) >= 11 is 0. The Morgan fingerprint density at radius 3 is 2.70 bits per heavy atom. The Hall–Kier alpha value is -2.78. The molecule has 0 unspecified atom stereocenters. The number of likely N-dealkylation sites (N-methyl/N-ethyl adjacent to an activating group) is 2. The number of ether oxygens (including phenoxy) is 2. The van der Waals surface area contributed by atoms with Crippen molar-refractivity contribution in [2.45, 2.75) is 4.90 Å². The maximum atomic E-state index is 12.7. The highest BCUT2D eigenvalue weighted by Crippen LogP contribution is 2.34. The van der Waals surface area contributed by atoms with Gasteiger partial charge in [0.05, 0.1) is 10.6 Å². The number of hydrogen-bond donors (Lipinski definition) is 2. The van der Waals surface area contributed by atoms with E-state index >= 15 is 0 Å². The molecule has 2 aromatic carbocycles. The summed E-state index contributed by atoms with van der Waals surface area (Å²) in [5.74, 6) is 0.797. The highest BCUT2D eigenvalue weighted by atomic mass is 32.2. The molecule has 3 rings (SSSR count). The Bertz CT molecular complexity index is 946. The van der Waals surface area contributed by atoms with Crippen molar-refractivity contribution in [3.63, 3.8) is 0 Å². The van der Waals surface area contributed by atoms with Crippen molar-refractivity contribution in [3.8, 4) is 11.5 Å². The predicted molar refractivity (Wildman–Crippen MR) is 101 cm³/mol. The van der Waals surface area contributed by atoms with Gasteiger partial charge in [0.1, 0.15) is 0 Å². The Morgan fingerprint density at radius 1 is 1.15 bits per heavy atom. The van der Waals surface area contributed by atoms with Crippen LogP contribution in [0.1, 0.15) is 10.4 Å². The highest BCUT2D eigenvalue weighted by Gasteiger charge is 2.20. The number of amides is 1. The maximum Gasteiger partial charge on any atom is 0.261 e. The van der Waals surface area contributed by atoms with Crippen molar-refractivity contribution in [2.75, 3.05) is 38.7 Å². The second kappa shape index (κ2) is 7.85. The second-order valence-corrected chi connectivity index (χ2v) is 7.71. The lowest BCUT2D eigenvalue weighted by Crippen LogP contribution is -2.32. The number of nitrogens with zero attached hydrogens (tertiary/aromatic N) is 1. The number of rotatable bonds is 7. The molecular formula is C18H21N3O5S. The average molecular weight is 391 g/mol. The van der Waals surface area contributed by atoms with E-state index in [1.165, 1.54) is 17.0 Å². The topological polar surface area (TPSA) is 97.0 Å². The molecule has 0 bridgehead atoms. The maximum absolute atomic E-state index is 12.7. The van der Waals surface area contributed by atoms with Gasteiger partial charge < -0.3 is 19.7 Å². The van der Waals surface area contributed by atoms with Crippen LogP contribution in [-0.2, 0) is 10.0 Å². The summed E-state index contributed by atoms with van der Waals surface area (Å²) in [7, 11) is -0.388. The number of sulfonamides is 1. The van der Waals surface area contributed by atoms with Gasteiger partial charge in [0.15, 0.2) is 11.5 Å². The third-order valence-corrected chi connectivity index (χ3v) is 5.44. The van der Waals surface area contributed by atoms with Crippen molar-refractivity contribution in [1.82, 2.24) is 10.2 Å². The van der Waals surface area contributed by atoms with Gasteiger partial charge in [0.25, 0.3) is 15.9 Å². The quantitative estimate of drug-likeness (QED) is 0.743. The molecule has 0 saturated heterocycles. The fourth-order valence-corrected chi connectivity index (χ4v) is 3.67. The van der Waals surface area contributed by atoms with Gasteiger partial charge in [-0.15, -0.1) is 0 Å². The molecule has 1 amide bonds. The number of benzene rings is 2. The Kier molecular flexibility index (Phi) is 5.52. The number of nitrogens with one attached hydrogen (secondary N) is 2. The van der Waals surface area contributed by atoms with Gasteiger partial charge >= 0.3 is 0 Å². The van der Waals surface area contributed by atoms with Crippen LogP contribution in [0.15, 0.2) is 47.4 Å². The van der Waals surface area contributed by atoms with Crippen LogP contribution >= 0.6 is 0 Å². The van der Waals surface area contributed by atoms with E-state index in [4.69, 9.17) is 9.47 Å². The van der Waals surface area contributed by atoms with Crippen molar-refractivity contribution >= 4 is 21.6 Å². The zero-order chi connectivity index (χ0) is 19.4.